The van der Waals surface area contributed by atoms with Gasteiger partial charge >= 0.3 is 0 Å². The highest BCUT2D eigenvalue weighted by Gasteiger charge is 2.17. The molecule has 1 unspecified atom stereocenters. The molecule has 0 aliphatic carbocycles. The molecule has 0 saturated carbocycles. The standard InChI is InChI=1S/C19H21N5O4S/c1-11-7-16(24-28-11)21-19(27)12(2)29-10-18(26)23-22-17(25)8-13-9-20-15-6-4-3-5-14(13)15/h3-7,9,12,20H,8,10H2,1-2H3,(H,22,25)(H,23,26)(H,21,24,27). The lowest BCUT2D eigenvalue weighted by Gasteiger charge is -2.11. The molecule has 29 heavy (non-hydrogen) atoms. The fraction of sp³-hybridized carbons (Fsp3) is 0.263. The summed E-state index contributed by atoms with van der Waals surface area (Å²) in [6.07, 6.45) is 1.91. The number of nitrogens with zero attached hydrogens (tertiary/aromatic N) is 1. The van der Waals surface area contributed by atoms with Gasteiger partial charge in [0.05, 0.1) is 17.4 Å². The van der Waals surface area contributed by atoms with Crippen LogP contribution in [0.5, 0.6) is 0 Å². The molecule has 4 N–H and O–H groups in total. The fourth-order valence-electron chi connectivity index (χ4n) is 2.60. The number of hydrogen-bond donors (Lipinski definition) is 4. The minimum Gasteiger partial charge on any atom is -0.361 e. The number of carbonyl (C=O) groups is 3. The van der Waals surface area contributed by atoms with Crippen molar-refractivity contribution < 1.29 is 18.9 Å². The number of benzene rings is 1. The summed E-state index contributed by atoms with van der Waals surface area (Å²) >= 11 is 1.14. The molecule has 0 fully saturated rings. The highest BCUT2D eigenvalue weighted by atomic mass is 32.2. The van der Waals surface area contributed by atoms with Crippen LogP contribution < -0.4 is 16.2 Å². The van der Waals surface area contributed by atoms with Crippen molar-refractivity contribution in [3.63, 3.8) is 0 Å². The van der Waals surface area contributed by atoms with E-state index in [0.717, 1.165) is 28.2 Å². The van der Waals surface area contributed by atoms with E-state index in [1.165, 1.54) is 0 Å². The minimum atomic E-state index is -0.486. The number of carbonyl (C=O) groups excluding carboxylic acids is 3. The zero-order valence-corrected chi connectivity index (χ0v) is 16.8. The lowest BCUT2D eigenvalue weighted by atomic mass is 10.1. The van der Waals surface area contributed by atoms with Crippen molar-refractivity contribution in [2.45, 2.75) is 25.5 Å². The van der Waals surface area contributed by atoms with Crippen LogP contribution in [0, 0.1) is 6.92 Å². The van der Waals surface area contributed by atoms with Crippen molar-refractivity contribution in [2.24, 2.45) is 0 Å². The van der Waals surface area contributed by atoms with E-state index in [1.54, 1.807) is 26.1 Å². The number of aromatic nitrogens is 2. The molecule has 152 valence electrons. The fourth-order valence-corrected chi connectivity index (χ4v) is 3.28. The molecule has 2 heterocycles. The topological polar surface area (TPSA) is 129 Å². The summed E-state index contributed by atoms with van der Waals surface area (Å²) in [6, 6.07) is 9.27. The largest absolute Gasteiger partial charge is 0.361 e. The third-order valence-electron chi connectivity index (χ3n) is 4.08. The number of anilines is 1. The maximum atomic E-state index is 12.1. The van der Waals surface area contributed by atoms with Crippen LogP contribution in [0.1, 0.15) is 18.2 Å². The average molecular weight is 415 g/mol. The van der Waals surface area contributed by atoms with Gasteiger partial charge in [-0.25, -0.2) is 0 Å². The molecule has 0 aliphatic heterocycles. The van der Waals surface area contributed by atoms with E-state index in [2.05, 4.69) is 26.3 Å². The number of aromatic amines is 1. The maximum Gasteiger partial charge on any atom is 0.248 e. The van der Waals surface area contributed by atoms with Gasteiger partial charge in [-0.3, -0.25) is 25.2 Å². The number of thioether (sulfide) groups is 1. The van der Waals surface area contributed by atoms with Crippen molar-refractivity contribution in [2.75, 3.05) is 11.1 Å². The van der Waals surface area contributed by atoms with Gasteiger partial charge in [-0.15, -0.1) is 11.8 Å². The summed E-state index contributed by atoms with van der Waals surface area (Å²) in [5.41, 5.74) is 6.54. The zero-order chi connectivity index (χ0) is 20.8. The zero-order valence-electron chi connectivity index (χ0n) is 15.9. The molecule has 0 bridgehead atoms. The van der Waals surface area contributed by atoms with Gasteiger partial charge in [0.2, 0.25) is 17.7 Å². The number of fused-ring (bicyclic) bond motifs is 1. The molecule has 10 heteroatoms. The Morgan fingerprint density at radius 2 is 1.97 bits per heavy atom. The SMILES string of the molecule is Cc1cc(NC(=O)C(C)SCC(=O)NNC(=O)Cc2c[nH]c3ccccc23)no1. The summed E-state index contributed by atoms with van der Waals surface area (Å²) < 4.78 is 4.88. The summed E-state index contributed by atoms with van der Waals surface area (Å²) in [5, 5.41) is 6.77. The van der Waals surface area contributed by atoms with Crippen molar-refractivity contribution in [1.29, 1.82) is 0 Å². The number of rotatable bonds is 7. The van der Waals surface area contributed by atoms with Gasteiger partial charge in [-0.05, 0) is 25.5 Å². The third kappa shape index (κ3) is 5.61. The van der Waals surface area contributed by atoms with E-state index in [1.807, 2.05) is 24.3 Å². The molecule has 0 radical (unpaired) electrons. The minimum absolute atomic E-state index is 0.0137. The van der Waals surface area contributed by atoms with Crippen LogP contribution in [-0.2, 0) is 20.8 Å². The molecule has 0 saturated heterocycles. The molecule has 1 aromatic carbocycles. The molecule has 9 nitrogen and oxygen atoms in total. The predicted molar refractivity (Wildman–Crippen MR) is 110 cm³/mol. The van der Waals surface area contributed by atoms with Crippen molar-refractivity contribution in [3.05, 3.63) is 47.9 Å². The van der Waals surface area contributed by atoms with Gasteiger partial charge in [-0.1, -0.05) is 23.4 Å². The van der Waals surface area contributed by atoms with E-state index >= 15 is 0 Å². The molecular formula is C19H21N5O4S. The Bertz CT molecular complexity index is 1030. The quantitative estimate of drug-likeness (QED) is 0.436. The highest BCUT2D eigenvalue weighted by molar-refractivity contribution is 8.01. The molecule has 3 amide bonds. The van der Waals surface area contributed by atoms with Crippen LogP contribution in [0.4, 0.5) is 5.82 Å². The molecule has 1 atom stereocenters. The Balaban J connectivity index is 1.39. The Morgan fingerprint density at radius 1 is 1.21 bits per heavy atom. The van der Waals surface area contributed by atoms with Crippen LogP contribution in [0.3, 0.4) is 0 Å². The smallest absolute Gasteiger partial charge is 0.248 e. The van der Waals surface area contributed by atoms with E-state index in [4.69, 9.17) is 4.52 Å². The van der Waals surface area contributed by atoms with Crippen LogP contribution in [0.25, 0.3) is 10.9 Å². The number of hydrazine groups is 1. The van der Waals surface area contributed by atoms with Gasteiger partial charge < -0.3 is 14.8 Å². The molecule has 0 spiro atoms. The van der Waals surface area contributed by atoms with Crippen LogP contribution >= 0.6 is 11.8 Å². The van der Waals surface area contributed by atoms with E-state index in [9.17, 15) is 14.4 Å². The van der Waals surface area contributed by atoms with Crippen LogP contribution in [0.15, 0.2) is 41.1 Å². The van der Waals surface area contributed by atoms with Gasteiger partial charge in [0.15, 0.2) is 5.82 Å². The summed E-state index contributed by atoms with van der Waals surface area (Å²) in [4.78, 5) is 39.2. The van der Waals surface area contributed by atoms with Gasteiger partial charge in [0.1, 0.15) is 5.76 Å². The molecule has 3 aromatic rings. The monoisotopic (exact) mass is 415 g/mol. The number of hydrogen-bond acceptors (Lipinski definition) is 6. The molecular weight excluding hydrogens is 394 g/mol. The number of aryl methyl sites for hydroxylation is 1. The second-order valence-electron chi connectivity index (χ2n) is 6.40. The lowest BCUT2D eigenvalue weighted by molar-refractivity contribution is -0.127. The summed E-state index contributed by atoms with van der Waals surface area (Å²) in [5.74, 6) is -0.101. The molecule has 0 aliphatic rings. The van der Waals surface area contributed by atoms with Crippen LogP contribution in [0.2, 0.25) is 0 Å². The average Bonchev–Trinajstić information content (AvgIpc) is 3.30. The van der Waals surface area contributed by atoms with Crippen molar-refractivity contribution in [3.8, 4) is 0 Å². The Hall–Kier alpha value is -3.27. The third-order valence-corrected chi connectivity index (χ3v) is 5.22. The highest BCUT2D eigenvalue weighted by Crippen LogP contribution is 2.18. The van der Waals surface area contributed by atoms with Gasteiger partial charge in [-0.2, -0.15) is 0 Å². The Labute approximate surface area is 170 Å². The van der Waals surface area contributed by atoms with Crippen molar-refractivity contribution >= 4 is 46.2 Å². The normalized spacial score (nSPS) is 11.8. The first-order chi connectivity index (χ1) is 13.9. The second kappa shape index (κ2) is 9.28. The van der Waals surface area contributed by atoms with E-state index in [0.29, 0.717) is 11.6 Å². The van der Waals surface area contributed by atoms with Gasteiger partial charge in [0.25, 0.3) is 0 Å². The Morgan fingerprint density at radius 3 is 2.72 bits per heavy atom. The molecule has 2 aromatic heterocycles. The first kappa shape index (κ1) is 20.5. The number of H-pyrrole nitrogens is 1. The van der Waals surface area contributed by atoms with Crippen molar-refractivity contribution in [1.82, 2.24) is 21.0 Å². The number of amides is 3. The number of nitrogens with one attached hydrogen (secondary N) is 4. The summed E-state index contributed by atoms with van der Waals surface area (Å²) in [7, 11) is 0. The van der Waals surface area contributed by atoms with E-state index in [-0.39, 0.29) is 24.0 Å². The molecule has 3 rings (SSSR count). The first-order valence-electron chi connectivity index (χ1n) is 8.91. The Kier molecular flexibility index (Phi) is 6.55. The van der Waals surface area contributed by atoms with E-state index < -0.39 is 11.2 Å². The maximum absolute atomic E-state index is 12.1. The second-order valence-corrected chi connectivity index (χ2v) is 7.73. The van der Waals surface area contributed by atoms with Crippen LogP contribution in [-0.4, -0.2) is 38.9 Å². The summed E-state index contributed by atoms with van der Waals surface area (Å²) in [6.45, 7) is 3.40. The predicted octanol–water partition coefficient (Wildman–Crippen LogP) is 1.91. The number of para-hydroxylation sites is 1. The first-order valence-corrected chi connectivity index (χ1v) is 9.95. The lowest BCUT2D eigenvalue weighted by Crippen LogP contribution is -2.43. The van der Waals surface area contributed by atoms with Gasteiger partial charge in [0, 0.05) is 23.2 Å².